The SMILES string of the molecule is CCN(CC)c1cc2[nH]c(C3CCCCC3)nc2cc1NC(=O)c1ccccc1. The Bertz CT molecular complexity index is 969. The van der Waals surface area contributed by atoms with E-state index in [1.807, 2.05) is 36.4 Å². The zero-order chi connectivity index (χ0) is 20.2. The van der Waals surface area contributed by atoms with Crippen LogP contribution in [0.3, 0.4) is 0 Å². The van der Waals surface area contributed by atoms with E-state index >= 15 is 0 Å². The maximum atomic E-state index is 12.8. The summed E-state index contributed by atoms with van der Waals surface area (Å²) in [6.45, 7) is 6.02. The number of imidazole rings is 1. The smallest absolute Gasteiger partial charge is 0.255 e. The van der Waals surface area contributed by atoms with Crippen LogP contribution in [-0.2, 0) is 0 Å². The number of nitrogens with zero attached hydrogens (tertiary/aromatic N) is 2. The minimum atomic E-state index is -0.0959. The minimum Gasteiger partial charge on any atom is -0.370 e. The lowest BCUT2D eigenvalue weighted by atomic mass is 9.89. The summed E-state index contributed by atoms with van der Waals surface area (Å²) < 4.78 is 0. The molecule has 152 valence electrons. The standard InChI is InChI=1S/C24H30N4O/c1-3-28(4-2)22-16-20-19(25-23(26-20)17-11-7-5-8-12-17)15-21(22)27-24(29)18-13-9-6-10-14-18/h6,9-10,13-17H,3-5,7-8,11-12H2,1-2H3,(H,25,26)(H,27,29). The molecule has 1 aromatic heterocycles. The van der Waals surface area contributed by atoms with Gasteiger partial charge >= 0.3 is 0 Å². The van der Waals surface area contributed by atoms with E-state index in [-0.39, 0.29) is 5.91 Å². The number of fused-ring (bicyclic) bond motifs is 1. The van der Waals surface area contributed by atoms with E-state index in [2.05, 4.69) is 35.1 Å². The number of H-pyrrole nitrogens is 1. The number of amides is 1. The molecule has 1 aliphatic rings. The lowest BCUT2D eigenvalue weighted by Gasteiger charge is -2.24. The number of carbonyl (C=O) groups excluding carboxylic acids is 1. The molecule has 1 saturated carbocycles. The molecule has 29 heavy (non-hydrogen) atoms. The minimum absolute atomic E-state index is 0.0959. The second-order valence-electron chi connectivity index (χ2n) is 7.84. The normalized spacial score (nSPS) is 14.8. The van der Waals surface area contributed by atoms with E-state index in [1.54, 1.807) is 0 Å². The maximum Gasteiger partial charge on any atom is 0.255 e. The summed E-state index contributed by atoms with van der Waals surface area (Å²) in [7, 11) is 0. The Hall–Kier alpha value is -2.82. The van der Waals surface area contributed by atoms with E-state index in [9.17, 15) is 4.79 Å². The van der Waals surface area contributed by atoms with Crippen molar-refractivity contribution in [1.29, 1.82) is 0 Å². The topological polar surface area (TPSA) is 61.0 Å². The number of rotatable bonds is 6. The Morgan fingerprint density at radius 3 is 2.52 bits per heavy atom. The van der Waals surface area contributed by atoms with Gasteiger partial charge in [-0.3, -0.25) is 4.79 Å². The molecule has 2 N–H and O–H groups in total. The van der Waals surface area contributed by atoms with Crippen molar-refractivity contribution in [1.82, 2.24) is 9.97 Å². The van der Waals surface area contributed by atoms with Gasteiger partial charge in [-0.1, -0.05) is 37.5 Å². The fourth-order valence-electron chi connectivity index (χ4n) is 4.34. The molecular weight excluding hydrogens is 360 g/mol. The number of aromatic nitrogens is 2. The largest absolute Gasteiger partial charge is 0.370 e. The number of hydrogen-bond acceptors (Lipinski definition) is 3. The van der Waals surface area contributed by atoms with Crippen LogP contribution in [0.4, 0.5) is 11.4 Å². The number of aromatic amines is 1. The van der Waals surface area contributed by atoms with Gasteiger partial charge in [-0.15, -0.1) is 0 Å². The van der Waals surface area contributed by atoms with Crippen molar-refractivity contribution in [2.75, 3.05) is 23.3 Å². The first-order valence-electron chi connectivity index (χ1n) is 10.8. The number of nitrogens with one attached hydrogen (secondary N) is 2. The van der Waals surface area contributed by atoms with Gasteiger partial charge in [-0.25, -0.2) is 4.98 Å². The molecule has 0 spiro atoms. The highest BCUT2D eigenvalue weighted by molar-refractivity contribution is 6.07. The highest BCUT2D eigenvalue weighted by Crippen LogP contribution is 2.35. The van der Waals surface area contributed by atoms with Gasteiger partial charge in [0.2, 0.25) is 0 Å². The van der Waals surface area contributed by atoms with Gasteiger partial charge in [0.15, 0.2) is 0 Å². The summed E-state index contributed by atoms with van der Waals surface area (Å²) in [5.74, 6) is 1.52. The Balaban J connectivity index is 1.71. The van der Waals surface area contributed by atoms with Crippen molar-refractivity contribution in [3.8, 4) is 0 Å². The van der Waals surface area contributed by atoms with Gasteiger partial charge in [-0.05, 0) is 51.0 Å². The zero-order valence-electron chi connectivity index (χ0n) is 17.4. The molecule has 0 atom stereocenters. The second-order valence-corrected chi connectivity index (χ2v) is 7.84. The van der Waals surface area contributed by atoms with E-state index in [1.165, 1.54) is 32.1 Å². The molecule has 1 aliphatic carbocycles. The van der Waals surface area contributed by atoms with Crippen molar-refractivity contribution in [3.63, 3.8) is 0 Å². The Morgan fingerprint density at radius 1 is 1.10 bits per heavy atom. The van der Waals surface area contributed by atoms with Crippen LogP contribution < -0.4 is 10.2 Å². The number of anilines is 2. The van der Waals surface area contributed by atoms with Gasteiger partial charge < -0.3 is 15.2 Å². The highest BCUT2D eigenvalue weighted by Gasteiger charge is 2.21. The third kappa shape index (κ3) is 4.14. The predicted octanol–water partition coefficient (Wildman–Crippen LogP) is 5.71. The molecule has 3 aromatic rings. The van der Waals surface area contributed by atoms with Gasteiger partial charge in [0.1, 0.15) is 5.82 Å². The zero-order valence-corrected chi connectivity index (χ0v) is 17.4. The summed E-state index contributed by atoms with van der Waals surface area (Å²) in [5.41, 5.74) is 4.47. The Labute approximate surface area is 172 Å². The quantitative estimate of drug-likeness (QED) is 0.567. The van der Waals surface area contributed by atoms with Crippen LogP contribution >= 0.6 is 0 Å². The number of hydrogen-bond donors (Lipinski definition) is 2. The maximum absolute atomic E-state index is 12.8. The van der Waals surface area contributed by atoms with Crippen LogP contribution in [0.5, 0.6) is 0 Å². The summed E-state index contributed by atoms with van der Waals surface area (Å²) >= 11 is 0. The van der Waals surface area contributed by atoms with Gasteiger partial charge in [-0.2, -0.15) is 0 Å². The van der Waals surface area contributed by atoms with E-state index in [0.29, 0.717) is 11.5 Å². The fourth-order valence-corrected chi connectivity index (χ4v) is 4.34. The molecule has 0 saturated heterocycles. The average Bonchev–Trinajstić information content (AvgIpc) is 3.19. The molecule has 5 nitrogen and oxygen atoms in total. The average molecular weight is 391 g/mol. The first kappa shape index (κ1) is 19.5. The molecule has 0 aliphatic heterocycles. The summed E-state index contributed by atoms with van der Waals surface area (Å²) in [6.07, 6.45) is 6.31. The second kappa shape index (κ2) is 8.68. The van der Waals surface area contributed by atoms with Crippen LogP contribution in [0.1, 0.15) is 68.1 Å². The van der Waals surface area contributed by atoms with Gasteiger partial charge in [0, 0.05) is 24.6 Å². The molecule has 1 fully saturated rings. The van der Waals surface area contributed by atoms with Gasteiger partial charge in [0.25, 0.3) is 5.91 Å². The van der Waals surface area contributed by atoms with Crippen molar-refractivity contribution in [2.24, 2.45) is 0 Å². The Morgan fingerprint density at radius 2 is 1.83 bits per heavy atom. The van der Waals surface area contributed by atoms with Crippen LogP contribution in [0, 0.1) is 0 Å². The van der Waals surface area contributed by atoms with E-state index < -0.39 is 0 Å². The molecular formula is C24H30N4O. The first-order valence-corrected chi connectivity index (χ1v) is 10.8. The van der Waals surface area contributed by atoms with E-state index in [4.69, 9.17) is 4.98 Å². The molecule has 0 radical (unpaired) electrons. The summed E-state index contributed by atoms with van der Waals surface area (Å²) in [4.78, 5) is 23.5. The van der Waals surface area contributed by atoms with Gasteiger partial charge in [0.05, 0.1) is 22.4 Å². The fraction of sp³-hybridized carbons (Fsp3) is 0.417. The van der Waals surface area contributed by atoms with E-state index in [0.717, 1.165) is 41.3 Å². The monoisotopic (exact) mass is 390 g/mol. The molecule has 4 rings (SSSR count). The van der Waals surface area contributed by atoms with Crippen molar-refractivity contribution in [3.05, 3.63) is 53.9 Å². The van der Waals surface area contributed by atoms with Crippen molar-refractivity contribution in [2.45, 2.75) is 51.9 Å². The predicted molar refractivity (Wildman–Crippen MR) is 120 cm³/mol. The molecule has 5 heteroatoms. The van der Waals surface area contributed by atoms with Crippen molar-refractivity contribution < 1.29 is 4.79 Å². The van der Waals surface area contributed by atoms with Crippen molar-refractivity contribution >= 4 is 28.3 Å². The number of benzene rings is 2. The summed E-state index contributed by atoms with van der Waals surface area (Å²) in [5, 5.41) is 3.12. The van der Waals surface area contributed by atoms with Crippen LogP contribution in [0.2, 0.25) is 0 Å². The lowest BCUT2D eigenvalue weighted by Crippen LogP contribution is -2.24. The van der Waals surface area contributed by atoms with Crippen LogP contribution in [0.25, 0.3) is 11.0 Å². The van der Waals surface area contributed by atoms with Crippen LogP contribution in [0.15, 0.2) is 42.5 Å². The summed E-state index contributed by atoms with van der Waals surface area (Å²) in [6, 6.07) is 13.5. The lowest BCUT2D eigenvalue weighted by molar-refractivity contribution is 0.102. The first-order chi connectivity index (χ1) is 14.2. The molecule has 0 unspecified atom stereocenters. The third-order valence-electron chi connectivity index (χ3n) is 6.00. The van der Waals surface area contributed by atoms with Crippen LogP contribution in [-0.4, -0.2) is 29.0 Å². The Kier molecular flexibility index (Phi) is 5.84. The molecule has 1 amide bonds. The molecule has 2 aromatic carbocycles. The molecule has 1 heterocycles. The third-order valence-corrected chi connectivity index (χ3v) is 6.00. The highest BCUT2D eigenvalue weighted by atomic mass is 16.1. The number of carbonyl (C=O) groups is 1. The molecule has 0 bridgehead atoms.